The molecular weight excluding hydrogens is 312 g/mol. The van der Waals surface area contributed by atoms with E-state index in [1.54, 1.807) is 20.4 Å². The van der Waals surface area contributed by atoms with E-state index in [1.807, 2.05) is 30.7 Å². The molecule has 0 saturated carbocycles. The van der Waals surface area contributed by atoms with E-state index >= 15 is 0 Å². The van der Waals surface area contributed by atoms with E-state index in [1.165, 1.54) is 0 Å². The van der Waals surface area contributed by atoms with E-state index in [4.69, 9.17) is 21.7 Å². The number of methoxy groups -OCH3 is 2. The van der Waals surface area contributed by atoms with Crippen LogP contribution < -0.4 is 20.1 Å². The van der Waals surface area contributed by atoms with Crippen molar-refractivity contribution in [2.24, 2.45) is 0 Å². The number of aryl methyl sites for hydroxylation is 1. The largest absolute Gasteiger partial charge is 0.493 e. The zero-order chi connectivity index (χ0) is 16.5. The first-order valence-corrected chi connectivity index (χ1v) is 7.86. The standard InChI is InChI=1S/C16H22N4O2S/c1-21-14-6-5-13(11-15(14)22-2)19-16(23)18-7-3-4-9-20-10-8-17-12-20/h5-6,8,10-12H,3-4,7,9H2,1-2H3,(H2,18,19,23). The predicted molar refractivity (Wildman–Crippen MR) is 95.2 cm³/mol. The normalized spacial score (nSPS) is 10.2. The number of unbranched alkanes of at least 4 members (excludes halogenated alkanes) is 1. The molecule has 0 spiro atoms. The summed E-state index contributed by atoms with van der Waals surface area (Å²) in [4.78, 5) is 4.02. The molecule has 0 fully saturated rings. The minimum absolute atomic E-state index is 0.597. The molecule has 0 radical (unpaired) electrons. The molecule has 2 aromatic rings. The molecule has 124 valence electrons. The Hall–Kier alpha value is -2.28. The van der Waals surface area contributed by atoms with E-state index in [2.05, 4.69) is 20.2 Å². The lowest BCUT2D eigenvalue weighted by atomic mass is 10.2. The van der Waals surface area contributed by atoms with Crippen molar-refractivity contribution in [1.29, 1.82) is 0 Å². The van der Waals surface area contributed by atoms with Crippen molar-refractivity contribution in [3.05, 3.63) is 36.9 Å². The Morgan fingerprint density at radius 3 is 2.74 bits per heavy atom. The van der Waals surface area contributed by atoms with E-state index in [0.717, 1.165) is 31.6 Å². The zero-order valence-corrected chi connectivity index (χ0v) is 14.2. The lowest BCUT2D eigenvalue weighted by Gasteiger charge is -2.13. The van der Waals surface area contributed by atoms with Gasteiger partial charge in [-0.15, -0.1) is 0 Å². The van der Waals surface area contributed by atoms with Crippen molar-refractivity contribution >= 4 is 23.0 Å². The lowest BCUT2D eigenvalue weighted by Crippen LogP contribution is -2.29. The minimum atomic E-state index is 0.597. The Balaban J connectivity index is 1.70. The number of nitrogens with zero attached hydrogens (tertiary/aromatic N) is 2. The quantitative estimate of drug-likeness (QED) is 0.572. The van der Waals surface area contributed by atoms with Crippen molar-refractivity contribution in [3.8, 4) is 11.5 Å². The summed E-state index contributed by atoms with van der Waals surface area (Å²) < 4.78 is 12.6. The van der Waals surface area contributed by atoms with E-state index < -0.39 is 0 Å². The molecule has 1 heterocycles. The van der Waals surface area contributed by atoms with Gasteiger partial charge in [0.15, 0.2) is 16.6 Å². The summed E-state index contributed by atoms with van der Waals surface area (Å²) in [5, 5.41) is 6.94. The molecule has 0 bridgehead atoms. The smallest absolute Gasteiger partial charge is 0.170 e. The Morgan fingerprint density at radius 1 is 1.22 bits per heavy atom. The summed E-state index contributed by atoms with van der Waals surface area (Å²) in [6, 6.07) is 5.59. The Morgan fingerprint density at radius 2 is 2.04 bits per heavy atom. The fourth-order valence-electron chi connectivity index (χ4n) is 2.13. The van der Waals surface area contributed by atoms with Gasteiger partial charge < -0.3 is 24.7 Å². The van der Waals surface area contributed by atoms with Gasteiger partial charge in [0, 0.05) is 37.2 Å². The van der Waals surface area contributed by atoms with Crippen molar-refractivity contribution in [1.82, 2.24) is 14.9 Å². The maximum absolute atomic E-state index is 5.30. The number of benzene rings is 1. The third-order valence-corrected chi connectivity index (χ3v) is 3.58. The number of hydrogen-bond acceptors (Lipinski definition) is 4. The Bertz CT molecular complexity index is 617. The van der Waals surface area contributed by atoms with Gasteiger partial charge in [-0.05, 0) is 37.2 Å². The molecule has 0 amide bonds. The second kappa shape index (κ2) is 8.99. The molecule has 0 aliphatic heterocycles. The highest BCUT2D eigenvalue weighted by Gasteiger charge is 2.05. The van der Waals surface area contributed by atoms with Crippen LogP contribution in [0, 0.1) is 0 Å². The number of anilines is 1. The molecule has 1 aromatic carbocycles. The zero-order valence-electron chi connectivity index (χ0n) is 13.4. The lowest BCUT2D eigenvalue weighted by molar-refractivity contribution is 0.355. The van der Waals surface area contributed by atoms with Crippen LogP contribution in [-0.2, 0) is 6.54 Å². The van der Waals surface area contributed by atoms with E-state index in [0.29, 0.717) is 16.6 Å². The van der Waals surface area contributed by atoms with Crippen LogP contribution in [0.1, 0.15) is 12.8 Å². The Labute approximate surface area is 141 Å². The number of rotatable bonds is 8. The maximum atomic E-state index is 5.30. The first-order valence-electron chi connectivity index (χ1n) is 7.45. The van der Waals surface area contributed by atoms with Crippen molar-refractivity contribution in [2.45, 2.75) is 19.4 Å². The SMILES string of the molecule is COc1ccc(NC(=S)NCCCCn2ccnc2)cc1OC. The first-order chi connectivity index (χ1) is 11.2. The number of nitrogens with one attached hydrogen (secondary N) is 2. The highest BCUT2D eigenvalue weighted by atomic mass is 32.1. The van der Waals surface area contributed by atoms with Gasteiger partial charge in [0.25, 0.3) is 0 Å². The van der Waals surface area contributed by atoms with Crippen LogP contribution in [0.4, 0.5) is 5.69 Å². The van der Waals surface area contributed by atoms with Crippen molar-refractivity contribution in [2.75, 3.05) is 26.1 Å². The average molecular weight is 334 g/mol. The number of thiocarbonyl (C=S) groups is 1. The van der Waals surface area contributed by atoms with Gasteiger partial charge in [-0.25, -0.2) is 4.98 Å². The van der Waals surface area contributed by atoms with Crippen LogP contribution in [0.5, 0.6) is 11.5 Å². The highest BCUT2D eigenvalue weighted by Crippen LogP contribution is 2.29. The molecule has 2 N–H and O–H groups in total. The van der Waals surface area contributed by atoms with E-state index in [-0.39, 0.29) is 0 Å². The Kier molecular flexibility index (Phi) is 6.68. The molecular formula is C16H22N4O2S. The third-order valence-electron chi connectivity index (χ3n) is 3.33. The van der Waals surface area contributed by atoms with Gasteiger partial charge in [-0.1, -0.05) is 0 Å². The van der Waals surface area contributed by atoms with Gasteiger partial charge in [-0.3, -0.25) is 0 Å². The average Bonchev–Trinajstić information content (AvgIpc) is 3.07. The van der Waals surface area contributed by atoms with Crippen molar-refractivity contribution < 1.29 is 9.47 Å². The monoisotopic (exact) mass is 334 g/mol. The number of hydrogen-bond donors (Lipinski definition) is 2. The van der Waals surface area contributed by atoms with Gasteiger partial charge in [0.05, 0.1) is 20.5 Å². The molecule has 0 saturated heterocycles. The molecule has 0 atom stereocenters. The fourth-order valence-corrected chi connectivity index (χ4v) is 2.35. The minimum Gasteiger partial charge on any atom is -0.493 e. The number of aromatic nitrogens is 2. The molecule has 0 unspecified atom stereocenters. The van der Waals surface area contributed by atoms with Crippen LogP contribution >= 0.6 is 12.2 Å². The summed E-state index contributed by atoms with van der Waals surface area (Å²) in [6.45, 7) is 1.80. The topological polar surface area (TPSA) is 60.3 Å². The van der Waals surface area contributed by atoms with Crippen LogP contribution in [0.2, 0.25) is 0 Å². The molecule has 23 heavy (non-hydrogen) atoms. The van der Waals surface area contributed by atoms with Crippen LogP contribution in [0.15, 0.2) is 36.9 Å². The second-order valence-corrected chi connectivity index (χ2v) is 5.37. The molecule has 7 heteroatoms. The maximum Gasteiger partial charge on any atom is 0.170 e. The second-order valence-electron chi connectivity index (χ2n) is 4.96. The van der Waals surface area contributed by atoms with Gasteiger partial charge in [-0.2, -0.15) is 0 Å². The summed E-state index contributed by atoms with van der Waals surface area (Å²) >= 11 is 5.30. The summed E-state index contributed by atoms with van der Waals surface area (Å²) in [7, 11) is 3.22. The summed E-state index contributed by atoms with van der Waals surface area (Å²) in [5.41, 5.74) is 0.860. The summed E-state index contributed by atoms with van der Waals surface area (Å²) in [5.74, 6) is 1.36. The van der Waals surface area contributed by atoms with E-state index in [9.17, 15) is 0 Å². The fraction of sp³-hybridized carbons (Fsp3) is 0.375. The van der Waals surface area contributed by atoms with Gasteiger partial charge in [0.2, 0.25) is 0 Å². The van der Waals surface area contributed by atoms with Gasteiger partial charge in [0.1, 0.15) is 0 Å². The first kappa shape index (κ1) is 17.1. The molecule has 2 rings (SSSR count). The molecule has 0 aliphatic carbocycles. The predicted octanol–water partition coefficient (Wildman–Crippen LogP) is 2.67. The molecule has 0 aliphatic rings. The van der Waals surface area contributed by atoms with Gasteiger partial charge >= 0.3 is 0 Å². The van der Waals surface area contributed by atoms with Crippen LogP contribution in [0.3, 0.4) is 0 Å². The van der Waals surface area contributed by atoms with Crippen LogP contribution in [-0.4, -0.2) is 35.4 Å². The van der Waals surface area contributed by atoms with Crippen molar-refractivity contribution in [3.63, 3.8) is 0 Å². The van der Waals surface area contributed by atoms with Crippen LogP contribution in [0.25, 0.3) is 0 Å². The number of imidazole rings is 1. The summed E-state index contributed by atoms with van der Waals surface area (Å²) in [6.07, 6.45) is 7.70. The molecule has 1 aromatic heterocycles. The highest BCUT2D eigenvalue weighted by molar-refractivity contribution is 7.80. The third kappa shape index (κ3) is 5.45. The molecule has 6 nitrogen and oxygen atoms in total. The number of ether oxygens (including phenoxy) is 2.